The molecule has 2 aromatic carbocycles. The van der Waals surface area contributed by atoms with E-state index in [0.29, 0.717) is 67.2 Å². The van der Waals surface area contributed by atoms with Crippen LogP contribution in [-0.4, -0.2) is 83.8 Å². The number of nitrogens with one attached hydrogen (secondary N) is 2. The van der Waals surface area contributed by atoms with Gasteiger partial charge in [-0.15, -0.1) is 0 Å². The van der Waals surface area contributed by atoms with Crippen molar-refractivity contribution >= 4 is 47.0 Å². The van der Waals surface area contributed by atoms with Crippen molar-refractivity contribution in [3.8, 4) is 11.1 Å². The zero-order chi connectivity index (χ0) is 32.1. The van der Waals surface area contributed by atoms with Crippen molar-refractivity contribution in [3.63, 3.8) is 0 Å². The second-order valence-electron chi connectivity index (χ2n) is 12.0. The Morgan fingerprint density at radius 3 is 2.56 bits per heavy atom. The largest absolute Gasteiger partial charge is 0.444 e. The highest BCUT2D eigenvalue weighted by Gasteiger charge is 2.27. The predicted octanol–water partition coefficient (Wildman–Crippen LogP) is 4.61. The van der Waals surface area contributed by atoms with E-state index in [-0.39, 0.29) is 23.3 Å². The third kappa shape index (κ3) is 8.20. The molecule has 13 heteroatoms. The van der Waals surface area contributed by atoms with Crippen LogP contribution in [0.25, 0.3) is 11.1 Å². The van der Waals surface area contributed by atoms with E-state index < -0.39 is 17.6 Å². The van der Waals surface area contributed by atoms with E-state index in [2.05, 4.69) is 15.6 Å². The molecule has 3 heterocycles. The number of nitrogens with two attached hydrogens (primary N) is 1. The first-order valence-electron chi connectivity index (χ1n) is 14.9. The van der Waals surface area contributed by atoms with Crippen LogP contribution in [0, 0.1) is 0 Å². The maximum absolute atomic E-state index is 13.6. The lowest BCUT2D eigenvalue weighted by Crippen LogP contribution is -2.49. The van der Waals surface area contributed by atoms with Crippen molar-refractivity contribution in [2.24, 2.45) is 5.73 Å². The lowest BCUT2D eigenvalue weighted by Gasteiger charge is -2.33. The van der Waals surface area contributed by atoms with Crippen molar-refractivity contribution in [3.05, 3.63) is 64.8 Å². The van der Waals surface area contributed by atoms with Crippen molar-refractivity contribution in [2.75, 3.05) is 49.6 Å². The van der Waals surface area contributed by atoms with Gasteiger partial charge in [0, 0.05) is 60.3 Å². The summed E-state index contributed by atoms with van der Waals surface area (Å²) in [5.41, 5.74) is 7.61. The number of nitrogens with zero attached hydrogens (tertiary/aromatic N) is 4. The monoisotopic (exact) mass is 635 g/mol. The zero-order valence-corrected chi connectivity index (χ0v) is 26.4. The Morgan fingerprint density at radius 1 is 1.09 bits per heavy atom. The molecule has 0 unspecified atom stereocenters. The molecule has 2 fully saturated rings. The average molecular weight is 636 g/mol. The maximum Gasteiger partial charge on any atom is 0.407 e. The van der Waals surface area contributed by atoms with Crippen molar-refractivity contribution in [2.45, 2.75) is 45.3 Å². The van der Waals surface area contributed by atoms with E-state index in [1.54, 1.807) is 23.1 Å². The summed E-state index contributed by atoms with van der Waals surface area (Å²) in [7, 11) is 0. The van der Waals surface area contributed by atoms with Gasteiger partial charge in [0.1, 0.15) is 17.0 Å². The van der Waals surface area contributed by atoms with E-state index in [1.807, 2.05) is 49.9 Å². The summed E-state index contributed by atoms with van der Waals surface area (Å²) in [6.07, 6.45) is 2.46. The number of rotatable bonds is 7. The van der Waals surface area contributed by atoms with Crippen LogP contribution in [0.3, 0.4) is 0 Å². The first-order chi connectivity index (χ1) is 21.5. The fourth-order valence-electron chi connectivity index (χ4n) is 5.31. The molecule has 0 spiro atoms. The quantitative estimate of drug-likeness (QED) is 0.338. The van der Waals surface area contributed by atoms with Gasteiger partial charge in [0.15, 0.2) is 0 Å². The highest BCUT2D eigenvalue weighted by Crippen LogP contribution is 2.33. The zero-order valence-electron chi connectivity index (χ0n) is 25.6. The summed E-state index contributed by atoms with van der Waals surface area (Å²) in [5.74, 6) is -0.300. The number of hydrogen-bond acceptors (Lipinski definition) is 9. The molecule has 0 aliphatic carbocycles. The van der Waals surface area contributed by atoms with Gasteiger partial charge in [-0.25, -0.2) is 9.78 Å². The lowest BCUT2D eigenvalue weighted by molar-refractivity contribution is 0.0303. The number of benzene rings is 2. The normalized spacial score (nSPS) is 17.0. The number of carbonyl (C=O) groups is 3. The molecule has 2 aliphatic heterocycles. The van der Waals surface area contributed by atoms with E-state index in [9.17, 15) is 14.4 Å². The Morgan fingerprint density at radius 2 is 1.84 bits per heavy atom. The number of anilines is 3. The van der Waals surface area contributed by atoms with Gasteiger partial charge >= 0.3 is 6.09 Å². The average Bonchev–Trinajstić information content (AvgIpc) is 3.00. The second kappa shape index (κ2) is 13.7. The van der Waals surface area contributed by atoms with Gasteiger partial charge < -0.3 is 35.6 Å². The maximum atomic E-state index is 13.6. The lowest BCUT2D eigenvalue weighted by atomic mass is 10.0. The Balaban J connectivity index is 1.45. The third-order valence-corrected chi connectivity index (χ3v) is 7.72. The Kier molecular flexibility index (Phi) is 9.74. The molecule has 1 aromatic heterocycles. The molecule has 5 rings (SSSR count). The number of amides is 3. The molecule has 3 amide bonds. The standard InChI is InChI=1S/C32H38ClN7O5/c1-32(2,3)45-31(43)37-22-7-6-10-40(19-22)30-35-18-25(27(34)41)28(38-30)36-23-16-20(24-8-4-5-9-26(24)33)15-21(17-23)29(42)39-11-13-44-14-12-39/h4-5,8-9,15-18,22H,6-7,10-14,19H2,1-3H3,(H2,34,41)(H,37,43)(H,35,36,38)/t22-/m0/s1. The third-order valence-electron chi connectivity index (χ3n) is 7.39. The molecule has 45 heavy (non-hydrogen) atoms. The van der Waals surface area contributed by atoms with Crippen molar-refractivity contribution in [1.29, 1.82) is 0 Å². The molecule has 12 nitrogen and oxygen atoms in total. The SMILES string of the molecule is CC(C)(C)OC(=O)N[C@H]1CCCN(c2ncc(C(N)=O)c(Nc3cc(C(=O)N4CCOCC4)cc(-c4ccccc4Cl)c3)n2)C1. The number of hydrogen-bond donors (Lipinski definition) is 3. The molecule has 0 radical (unpaired) electrons. The molecule has 4 N–H and O–H groups in total. The summed E-state index contributed by atoms with van der Waals surface area (Å²) >= 11 is 6.55. The summed E-state index contributed by atoms with van der Waals surface area (Å²) < 4.78 is 10.8. The minimum absolute atomic E-state index is 0.0865. The molecule has 1 atom stereocenters. The number of morpholine rings is 1. The van der Waals surface area contributed by atoms with Crippen molar-refractivity contribution in [1.82, 2.24) is 20.2 Å². The summed E-state index contributed by atoms with van der Waals surface area (Å²) in [6.45, 7) is 8.46. The van der Waals surface area contributed by atoms with E-state index in [4.69, 9.17) is 31.8 Å². The molecular weight excluding hydrogens is 598 g/mol. The van der Waals surface area contributed by atoms with Crippen LogP contribution in [0.5, 0.6) is 0 Å². The van der Waals surface area contributed by atoms with Crippen LogP contribution in [0.4, 0.5) is 22.2 Å². The Labute approximate surface area is 267 Å². The van der Waals surface area contributed by atoms with Gasteiger partial charge in [0.05, 0.1) is 13.2 Å². The van der Waals surface area contributed by atoms with Crippen LogP contribution in [-0.2, 0) is 9.47 Å². The fraction of sp³-hybridized carbons (Fsp3) is 0.406. The van der Waals surface area contributed by atoms with Gasteiger partial charge in [-0.2, -0.15) is 4.98 Å². The first-order valence-corrected chi connectivity index (χ1v) is 15.3. The molecule has 0 saturated carbocycles. The first kappa shape index (κ1) is 32.0. The molecule has 2 aliphatic rings. The van der Waals surface area contributed by atoms with Crippen molar-refractivity contribution < 1.29 is 23.9 Å². The number of halogens is 1. The van der Waals surface area contributed by atoms with E-state index >= 15 is 0 Å². The van der Waals surface area contributed by atoms with Crippen LogP contribution in [0.1, 0.15) is 54.3 Å². The predicted molar refractivity (Wildman–Crippen MR) is 172 cm³/mol. The van der Waals surface area contributed by atoms with E-state index in [0.717, 1.165) is 18.4 Å². The summed E-state index contributed by atoms with van der Waals surface area (Å²) in [5, 5.41) is 6.68. The molecule has 238 valence electrons. The molecular formula is C32H38ClN7O5. The van der Waals surface area contributed by atoms with Crippen LogP contribution >= 0.6 is 11.6 Å². The molecule has 2 saturated heterocycles. The van der Waals surface area contributed by atoms with Gasteiger partial charge in [0.2, 0.25) is 5.95 Å². The Hall–Kier alpha value is -4.42. The van der Waals surface area contributed by atoms with Gasteiger partial charge in [-0.05, 0) is 63.4 Å². The second-order valence-corrected chi connectivity index (χ2v) is 12.4. The smallest absolute Gasteiger partial charge is 0.407 e. The van der Waals surface area contributed by atoms with Crippen LogP contribution in [0.15, 0.2) is 48.7 Å². The van der Waals surface area contributed by atoms with Gasteiger partial charge in [-0.1, -0.05) is 29.8 Å². The van der Waals surface area contributed by atoms with Crippen LogP contribution in [0.2, 0.25) is 5.02 Å². The van der Waals surface area contributed by atoms with Crippen LogP contribution < -0.4 is 21.3 Å². The number of carbonyl (C=O) groups excluding carboxylic acids is 3. The highest BCUT2D eigenvalue weighted by molar-refractivity contribution is 6.33. The number of aromatic nitrogens is 2. The van der Waals surface area contributed by atoms with Gasteiger partial charge in [-0.3, -0.25) is 9.59 Å². The molecule has 0 bridgehead atoms. The molecule has 3 aromatic rings. The Bertz CT molecular complexity index is 1570. The minimum atomic E-state index is -0.709. The van der Waals surface area contributed by atoms with E-state index in [1.165, 1.54) is 6.20 Å². The fourth-order valence-corrected chi connectivity index (χ4v) is 5.56. The van der Waals surface area contributed by atoms with Gasteiger partial charge in [0.25, 0.3) is 11.8 Å². The topological polar surface area (TPSA) is 152 Å². The number of primary amides is 1. The highest BCUT2D eigenvalue weighted by atomic mass is 35.5. The number of ether oxygens (including phenoxy) is 2. The summed E-state index contributed by atoms with van der Waals surface area (Å²) in [6, 6.07) is 12.5. The summed E-state index contributed by atoms with van der Waals surface area (Å²) in [4.78, 5) is 51.2. The number of piperidine rings is 1. The number of alkyl carbamates (subject to hydrolysis) is 1. The minimum Gasteiger partial charge on any atom is -0.444 e.